The molecule has 2 N–H and O–H groups in total. The van der Waals surface area contributed by atoms with Crippen LogP contribution in [0.15, 0.2) is 17.1 Å². The molecule has 0 bridgehead atoms. The fourth-order valence-corrected chi connectivity index (χ4v) is 1.53. The van der Waals surface area contributed by atoms with Gasteiger partial charge in [0, 0.05) is 6.54 Å². The van der Waals surface area contributed by atoms with Crippen molar-refractivity contribution in [3.63, 3.8) is 0 Å². The molecule has 0 aliphatic carbocycles. The third-order valence-corrected chi connectivity index (χ3v) is 2.36. The van der Waals surface area contributed by atoms with Crippen LogP contribution in [-0.4, -0.2) is 24.0 Å². The van der Waals surface area contributed by atoms with E-state index >= 15 is 0 Å². The summed E-state index contributed by atoms with van der Waals surface area (Å²) in [6.07, 6.45) is 3.82. The van der Waals surface area contributed by atoms with E-state index in [1.807, 2.05) is 0 Å². The third-order valence-electron chi connectivity index (χ3n) is 2.36. The molecule has 1 fully saturated rings. The smallest absolute Gasteiger partial charge is 0.224 e. The van der Waals surface area contributed by atoms with Crippen molar-refractivity contribution in [2.45, 2.75) is 13.0 Å². The van der Waals surface area contributed by atoms with E-state index in [2.05, 4.69) is 15.6 Å². The van der Waals surface area contributed by atoms with Crippen LogP contribution in [0, 0.1) is 5.92 Å². The lowest BCUT2D eigenvalue weighted by Crippen LogP contribution is -2.31. The average Bonchev–Trinajstić information content (AvgIpc) is 2.87. The maximum Gasteiger partial charge on any atom is 0.224 e. The first-order valence-electron chi connectivity index (χ1n) is 4.72. The van der Waals surface area contributed by atoms with Gasteiger partial charge in [0.05, 0.1) is 18.2 Å². The van der Waals surface area contributed by atoms with E-state index < -0.39 is 0 Å². The molecule has 1 amide bonds. The summed E-state index contributed by atoms with van der Waals surface area (Å²) in [5, 5.41) is 5.98. The summed E-state index contributed by atoms with van der Waals surface area (Å²) >= 11 is 0. The molecule has 0 radical (unpaired) electrons. The second-order valence-electron chi connectivity index (χ2n) is 3.39. The van der Waals surface area contributed by atoms with Crippen LogP contribution in [0.25, 0.3) is 0 Å². The van der Waals surface area contributed by atoms with Crippen LogP contribution < -0.4 is 10.6 Å². The fraction of sp³-hybridized carbons (Fsp3) is 0.556. The number of carbonyl (C=O) groups excluding carboxylic acids is 1. The molecule has 1 aromatic rings. The van der Waals surface area contributed by atoms with Crippen molar-refractivity contribution in [1.29, 1.82) is 0 Å². The topological polar surface area (TPSA) is 67.2 Å². The summed E-state index contributed by atoms with van der Waals surface area (Å²) in [6.45, 7) is 2.17. The van der Waals surface area contributed by atoms with Gasteiger partial charge in [-0.1, -0.05) is 0 Å². The Kier molecular flexibility index (Phi) is 2.78. The molecule has 1 aromatic heterocycles. The molecule has 1 saturated heterocycles. The second-order valence-corrected chi connectivity index (χ2v) is 3.39. The normalized spacial score (nSPS) is 21.0. The molecule has 2 heterocycles. The van der Waals surface area contributed by atoms with Crippen LogP contribution >= 0.6 is 0 Å². The maximum absolute atomic E-state index is 11.5. The summed E-state index contributed by atoms with van der Waals surface area (Å²) in [7, 11) is 0. The largest absolute Gasteiger partial charge is 0.451 e. The highest BCUT2D eigenvalue weighted by molar-refractivity contribution is 5.79. The number of hydrogen-bond donors (Lipinski definition) is 2. The molecular weight excluding hydrogens is 182 g/mol. The molecule has 1 unspecified atom stereocenters. The number of oxazole rings is 1. The monoisotopic (exact) mass is 195 g/mol. The molecule has 5 heteroatoms. The van der Waals surface area contributed by atoms with Gasteiger partial charge in [0.2, 0.25) is 5.91 Å². The SMILES string of the molecule is O=C(NCc1cocn1)C1CCNC1. The minimum atomic E-state index is 0.0954. The van der Waals surface area contributed by atoms with Crippen LogP contribution in [0.4, 0.5) is 0 Å². The lowest BCUT2D eigenvalue weighted by molar-refractivity contribution is -0.124. The van der Waals surface area contributed by atoms with Crippen LogP contribution in [0.1, 0.15) is 12.1 Å². The zero-order valence-electron chi connectivity index (χ0n) is 7.82. The second kappa shape index (κ2) is 4.23. The quantitative estimate of drug-likeness (QED) is 0.706. The Labute approximate surface area is 81.9 Å². The Balaban J connectivity index is 1.77. The molecule has 76 valence electrons. The first-order chi connectivity index (χ1) is 6.86. The van der Waals surface area contributed by atoms with Gasteiger partial charge in [0.25, 0.3) is 0 Å². The Bertz CT molecular complexity index is 291. The van der Waals surface area contributed by atoms with Crippen molar-refractivity contribution in [3.05, 3.63) is 18.4 Å². The molecule has 2 rings (SSSR count). The van der Waals surface area contributed by atoms with E-state index in [1.54, 1.807) is 0 Å². The minimum absolute atomic E-state index is 0.0954. The van der Waals surface area contributed by atoms with Gasteiger partial charge < -0.3 is 15.1 Å². The minimum Gasteiger partial charge on any atom is -0.451 e. The fourth-order valence-electron chi connectivity index (χ4n) is 1.53. The van der Waals surface area contributed by atoms with Gasteiger partial charge in [0.15, 0.2) is 6.39 Å². The Morgan fingerprint density at radius 3 is 3.36 bits per heavy atom. The Morgan fingerprint density at radius 1 is 1.79 bits per heavy atom. The van der Waals surface area contributed by atoms with Crippen LogP contribution in [0.5, 0.6) is 0 Å². The van der Waals surface area contributed by atoms with E-state index in [4.69, 9.17) is 4.42 Å². The van der Waals surface area contributed by atoms with E-state index in [1.165, 1.54) is 12.7 Å². The zero-order chi connectivity index (χ0) is 9.80. The van der Waals surface area contributed by atoms with Gasteiger partial charge in [-0.25, -0.2) is 4.98 Å². The predicted octanol–water partition coefficient (Wildman–Crippen LogP) is -0.0997. The third kappa shape index (κ3) is 2.11. The van der Waals surface area contributed by atoms with Crippen molar-refractivity contribution in [2.75, 3.05) is 13.1 Å². The lowest BCUT2D eigenvalue weighted by atomic mass is 10.1. The van der Waals surface area contributed by atoms with E-state index in [9.17, 15) is 4.79 Å². The first kappa shape index (κ1) is 9.21. The molecule has 1 aliphatic rings. The number of nitrogens with one attached hydrogen (secondary N) is 2. The maximum atomic E-state index is 11.5. The summed E-state index contributed by atoms with van der Waals surface area (Å²) in [5.41, 5.74) is 0.754. The summed E-state index contributed by atoms with van der Waals surface area (Å²) < 4.78 is 4.80. The number of aromatic nitrogens is 1. The van der Waals surface area contributed by atoms with E-state index in [0.29, 0.717) is 6.54 Å². The standard InChI is InChI=1S/C9H13N3O2/c13-9(7-1-2-10-3-7)11-4-8-5-14-6-12-8/h5-7,10H,1-4H2,(H,11,13). The number of carbonyl (C=O) groups is 1. The summed E-state index contributed by atoms with van der Waals surface area (Å²) in [5.74, 6) is 0.208. The number of rotatable bonds is 3. The van der Waals surface area contributed by atoms with E-state index in [0.717, 1.165) is 25.2 Å². The molecule has 0 saturated carbocycles. The van der Waals surface area contributed by atoms with Crippen LogP contribution in [0.2, 0.25) is 0 Å². The van der Waals surface area contributed by atoms with Crippen LogP contribution in [-0.2, 0) is 11.3 Å². The van der Waals surface area contributed by atoms with Gasteiger partial charge in [-0.05, 0) is 13.0 Å². The highest BCUT2D eigenvalue weighted by Crippen LogP contribution is 2.07. The highest BCUT2D eigenvalue weighted by Gasteiger charge is 2.21. The van der Waals surface area contributed by atoms with Crippen molar-refractivity contribution < 1.29 is 9.21 Å². The molecule has 5 nitrogen and oxygen atoms in total. The molecule has 1 aliphatic heterocycles. The zero-order valence-corrected chi connectivity index (χ0v) is 7.82. The van der Waals surface area contributed by atoms with Gasteiger partial charge in [-0.3, -0.25) is 4.79 Å². The molecular formula is C9H13N3O2. The van der Waals surface area contributed by atoms with Gasteiger partial charge in [-0.15, -0.1) is 0 Å². The highest BCUT2D eigenvalue weighted by atomic mass is 16.3. The lowest BCUT2D eigenvalue weighted by Gasteiger charge is -2.07. The van der Waals surface area contributed by atoms with E-state index in [-0.39, 0.29) is 11.8 Å². The average molecular weight is 195 g/mol. The Hall–Kier alpha value is -1.36. The van der Waals surface area contributed by atoms with Crippen molar-refractivity contribution in [3.8, 4) is 0 Å². The summed E-state index contributed by atoms with van der Waals surface area (Å²) in [6, 6.07) is 0. The molecule has 14 heavy (non-hydrogen) atoms. The van der Waals surface area contributed by atoms with Crippen molar-refractivity contribution in [1.82, 2.24) is 15.6 Å². The molecule has 0 spiro atoms. The number of amides is 1. The molecule has 1 atom stereocenters. The van der Waals surface area contributed by atoms with Gasteiger partial charge >= 0.3 is 0 Å². The summed E-state index contributed by atoms with van der Waals surface area (Å²) in [4.78, 5) is 15.4. The first-order valence-corrected chi connectivity index (χ1v) is 4.72. The van der Waals surface area contributed by atoms with Gasteiger partial charge in [0.1, 0.15) is 6.26 Å². The predicted molar refractivity (Wildman–Crippen MR) is 49.3 cm³/mol. The van der Waals surface area contributed by atoms with Gasteiger partial charge in [-0.2, -0.15) is 0 Å². The van der Waals surface area contributed by atoms with Crippen molar-refractivity contribution >= 4 is 5.91 Å². The molecule has 0 aromatic carbocycles. The Morgan fingerprint density at radius 2 is 2.71 bits per heavy atom. The van der Waals surface area contributed by atoms with Crippen molar-refractivity contribution in [2.24, 2.45) is 5.92 Å². The number of nitrogens with zero attached hydrogens (tertiary/aromatic N) is 1. The number of hydrogen-bond acceptors (Lipinski definition) is 4. The van der Waals surface area contributed by atoms with Crippen LogP contribution in [0.3, 0.4) is 0 Å².